The molecule has 6 nitrogen and oxygen atoms in total. The Morgan fingerprint density at radius 2 is 2.03 bits per heavy atom. The number of para-hydroxylation sites is 2. The average molecular weight is 466 g/mol. The standard InChI is InChI=1S/C24H23N3O3S2/c1-29-21-11-5-3-9-19(21)22-25-16(14-31-22)15-32-24-26-20-10-4-2-8-18(20)23(28)27(24)13-17-7-6-12-30-17/h2-5,8-11,14,17H,6-7,12-13,15H2,1H3. The highest BCUT2D eigenvalue weighted by atomic mass is 32.2. The van der Waals surface area contributed by atoms with Crippen LogP contribution in [0.15, 0.2) is 63.9 Å². The lowest BCUT2D eigenvalue weighted by molar-refractivity contribution is 0.0937. The van der Waals surface area contributed by atoms with Crippen LogP contribution in [0, 0.1) is 0 Å². The molecule has 0 amide bonds. The Bertz CT molecular complexity index is 1300. The second-order valence-electron chi connectivity index (χ2n) is 7.60. The van der Waals surface area contributed by atoms with Gasteiger partial charge in [0.2, 0.25) is 0 Å². The zero-order valence-electron chi connectivity index (χ0n) is 17.7. The van der Waals surface area contributed by atoms with Gasteiger partial charge in [0.05, 0.1) is 41.9 Å². The molecule has 8 heteroatoms. The van der Waals surface area contributed by atoms with Crippen LogP contribution in [-0.2, 0) is 17.0 Å². The Morgan fingerprint density at radius 1 is 1.19 bits per heavy atom. The topological polar surface area (TPSA) is 66.2 Å². The summed E-state index contributed by atoms with van der Waals surface area (Å²) in [5.74, 6) is 1.43. The van der Waals surface area contributed by atoms with Crippen molar-refractivity contribution in [1.29, 1.82) is 0 Å². The van der Waals surface area contributed by atoms with Crippen molar-refractivity contribution in [1.82, 2.24) is 14.5 Å². The molecular formula is C24H23N3O3S2. The Morgan fingerprint density at radius 3 is 2.88 bits per heavy atom. The molecule has 0 bridgehead atoms. The molecule has 0 N–H and O–H groups in total. The highest BCUT2D eigenvalue weighted by Crippen LogP contribution is 2.33. The van der Waals surface area contributed by atoms with Gasteiger partial charge in [-0.05, 0) is 37.1 Å². The molecule has 1 unspecified atom stereocenters. The molecule has 1 saturated heterocycles. The molecule has 0 radical (unpaired) electrons. The normalized spacial score (nSPS) is 16.0. The molecule has 164 valence electrons. The Balaban J connectivity index is 1.42. The molecule has 0 spiro atoms. The monoisotopic (exact) mass is 465 g/mol. The number of thiazole rings is 1. The van der Waals surface area contributed by atoms with Crippen LogP contribution in [0.4, 0.5) is 0 Å². The summed E-state index contributed by atoms with van der Waals surface area (Å²) in [4.78, 5) is 22.8. The fraction of sp³-hybridized carbons (Fsp3) is 0.292. The second-order valence-corrected chi connectivity index (χ2v) is 9.40. The van der Waals surface area contributed by atoms with Crippen molar-refractivity contribution >= 4 is 34.0 Å². The first-order valence-corrected chi connectivity index (χ1v) is 12.4. The van der Waals surface area contributed by atoms with Gasteiger partial charge >= 0.3 is 0 Å². The molecule has 3 heterocycles. The summed E-state index contributed by atoms with van der Waals surface area (Å²) < 4.78 is 13.0. The molecule has 2 aromatic carbocycles. The fourth-order valence-corrected chi connectivity index (χ4v) is 5.72. The third-order valence-corrected chi connectivity index (χ3v) is 7.41. The fourth-order valence-electron chi connectivity index (χ4n) is 3.87. The molecule has 1 atom stereocenters. The molecule has 0 aliphatic carbocycles. The summed E-state index contributed by atoms with van der Waals surface area (Å²) in [5.41, 5.74) is 2.64. The van der Waals surface area contributed by atoms with Gasteiger partial charge in [-0.15, -0.1) is 11.3 Å². The average Bonchev–Trinajstić information content (AvgIpc) is 3.52. The SMILES string of the molecule is COc1ccccc1-c1nc(CSc2nc3ccccc3c(=O)n2CC2CCCO2)cs1. The van der Waals surface area contributed by atoms with Crippen molar-refractivity contribution in [3.8, 4) is 16.3 Å². The Kier molecular flexibility index (Phi) is 6.25. The van der Waals surface area contributed by atoms with Crippen molar-refractivity contribution in [2.45, 2.75) is 36.4 Å². The summed E-state index contributed by atoms with van der Waals surface area (Å²) in [7, 11) is 1.67. The van der Waals surface area contributed by atoms with Gasteiger partial charge in [-0.25, -0.2) is 9.97 Å². The van der Waals surface area contributed by atoms with Crippen molar-refractivity contribution in [2.24, 2.45) is 0 Å². The molecular weight excluding hydrogens is 442 g/mol. The van der Waals surface area contributed by atoms with Gasteiger partial charge in [-0.3, -0.25) is 9.36 Å². The van der Waals surface area contributed by atoms with Crippen LogP contribution in [0.25, 0.3) is 21.5 Å². The zero-order chi connectivity index (χ0) is 21.9. The summed E-state index contributed by atoms with van der Waals surface area (Å²) in [6.45, 7) is 1.29. The van der Waals surface area contributed by atoms with Crippen molar-refractivity contribution in [2.75, 3.05) is 13.7 Å². The van der Waals surface area contributed by atoms with Crippen molar-refractivity contribution < 1.29 is 9.47 Å². The van der Waals surface area contributed by atoms with Crippen LogP contribution < -0.4 is 10.3 Å². The number of rotatable bonds is 7. The molecule has 1 aliphatic heterocycles. The van der Waals surface area contributed by atoms with E-state index in [-0.39, 0.29) is 11.7 Å². The first-order valence-electron chi connectivity index (χ1n) is 10.5. The quantitative estimate of drug-likeness (QED) is 0.283. The van der Waals surface area contributed by atoms with Crippen LogP contribution in [-0.4, -0.2) is 34.4 Å². The minimum atomic E-state index is -0.0124. The van der Waals surface area contributed by atoms with Crippen LogP contribution in [0.1, 0.15) is 18.5 Å². The number of hydrogen-bond acceptors (Lipinski definition) is 7. The Labute approximate surface area is 194 Å². The lowest BCUT2D eigenvalue weighted by Gasteiger charge is -2.16. The van der Waals surface area contributed by atoms with Crippen molar-refractivity contribution in [3.05, 3.63) is 70.0 Å². The highest BCUT2D eigenvalue weighted by molar-refractivity contribution is 7.98. The van der Waals surface area contributed by atoms with E-state index < -0.39 is 0 Å². The summed E-state index contributed by atoms with van der Waals surface area (Å²) in [6, 6.07) is 15.4. The van der Waals surface area contributed by atoms with Gasteiger partial charge < -0.3 is 9.47 Å². The molecule has 32 heavy (non-hydrogen) atoms. The van der Waals surface area contributed by atoms with Crippen LogP contribution in [0.2, 0.25) is 0 Å². The van der Waals surface area contributed by atoms with Crippen molar-refractivity contribution in [3.63, 3.8) is 0 Å². The van der Waals surface area contributed by atoms with Gasteiger partial charge in [-0.1, -0.05) is 36.0 Å². The molecule has 5 rings (SSSR count). The van der Waals surface area contributed by atoms with E-state index >= 15 is 0 Å². The number of benzene rings is 2. The predicted molar refractivity (Wildman–Crippen MR) is 129 cm³/mol. The first kappa shape index (κ1) is 21.2. The third kappa shape index (κ3) is 4.30. The maximum atomic E-state index is 13.2. The zero-order valence-corrected chi connectivity index (χ0v) is 19.3. The number of methoxy groups -OCH3 is 1. The summed E-state index contributed by atoms with van der Waals surface area (Å²) >= 11 is 3.13. The number of nitrogens with zero attached hydrogens (tertiary/aromatic N) is 3. The highest BCUT2D eigenvalue weighted by Gasteiger charge is 2.20. The first-order chi connectivity index (χ1) is 15.7. The summed E-state index contributed by atoms with van der Waals surface area (Å²) in [6.07, 6.45) is 2.07. The largest absolute Gasteiger partial charge is 0.496 e. The smallest absolute Gasteiger partial charge is 0.262 e. The van der Waals surface area contributed by atoms with E-state index in [1.807, 2.05) is 48.5 Å². The van der Waals surface area contributed by atoms with E-state index in [9.17, 15) is 4.79 Å². The number of thioether (sulfide) groups is 1. The second kappa shape index (κ2) is 9.44. The molecule has 4 aromatic rings. The number of aromatic nitrogens is 3. The number of ether oxygens (including phenoxy) is 2. The van der Waals surface area contributed by atoms with Gasteiger partial charge in [-0.2, -0.15) is 0 Å². The lowest BCUT2D eigenvalue weighted by atomic mass is 10.2. The van der Waals surface area contributed by atoms with E-state index in [0.717, 1.165) is 47.0 Å². The maximum Gasteiger partial charge on any atom is 0.262 e. The van der Waals surface area contributed by atoms with Crippen LogP contribution in [0.3, 0.4) is 0 Å². The number of hydrogen-bond donors (Lipinski definition) is 0. The van der Waals surface area contributed by atoms with E-state index in [1.54, 1.807) is 34.8 Å². The van der Waals surface area contributed by atoms with Crippen LogP contribution in [0.5, 0.6) is 5.75 Å². The van der Waals surface area contributed by atoms with E-state index in [1.165, 1.54) is 0 Å². The minimum Gasteiger partial charge on any atom is -0.496 e. The maximum absolute atomic E-state index is 13.2. The third-order valence-electron chi connectivity index (χ3n) is 5.48. The molecule has 0 saturated carbocycles. The van der Waals surface area contributed by atoms with E-state index in [0.29, 0.717) is 22.8 Å². The van der Waals surface area contributed by atoms with E-state index in [4.69, 9.17) is 19.4 Å². The van der Waals surface area contributed by atoms with Gasteiger partial charge in [0.1, 0.15) is 10.8 Å². The van der Waals surface area contributed by atoms with Crippen LogP contribution >= 0.6 is 23.1 Å². The lowest BCUT2D eigenvalue weighted by Crippen LogP contribution is -2.28. The molecule has 1 fully saturated rings. The van der Waals surface area contributed by atoms with E-state index in [2.05, 4.69) is 5.38 Å². The van der Waals surface area contributed by atoms with Gasteiger partial charge in [0.25, 0.3) is 5.56 Å². The molecule has 1 aliphatic rings. The Hall–Kier alpha value is -2.68. The summed E-state index contributed by atoms with van der Waals surface area (Å²) in [5, 5.41) is 4.32. The minimum absolute atomic E-state index is 0.0124. The molecule has 2 aromatic heterocycles. The number of fused-ring (bicyclic) bond motifs is 1. The van der Waals surface area contributed by atoms with Gasteiger partial charge in [0, 0.05) is 17.7 Å². The predicted octanol–water partition coefficient (Wildman–Crippen LogP) is 5.00. The van der Waals surface area contributed by atoms with Gasteiger partial charge in [0.15, 0.2) is 5.16 Å².